The van der Waals surface area contributed by atoms with Gasteiger partial charge in [-0.05, 0) is 79.8 Å². The maximum Gasteiger partial charge on any atom is 0.223 e. The summed E-state index contributed by atoms with van der Waals surface area (Å²) in [7, 11) is 0. The number of ketones is 3. The Hall–Kier alpha value is -3.44. The molecule has 3 atom stereocenters. The summed E-state index contributed by atoms with van der Waals surface area (Å²) in [4.78, 5) is 76.9. The Kier molecular flexibility index (Phi) is 29.4. The zero-order valence-electron chi connectivity index (χ0n) is 33.3. The molecule has 0 aliphatic carbocycles. The average Bonchev–Trinajstić information content (AvgIpc) is 3.06. The van der Waals surface area contributed by atoms with Gasteiger partial charge in [-0.2, -0.15) is 0 Å². The summed E-state index contributed by atoms with van der Waals surface area (Å²) in [5.41, 5.74) is 1.32. The molecule has 3 amide bonds. The monoisotopic (exact) mass is 719 g/mol. The summed E-state index contributed by atoms with van der Waals surface area (Å²) in [6.45, 7) is 21.6. The van der Waals surface area contributed by atoms with Gasteiger partial charge >= 0.3 is 0 Å². The van der Waals surface area contributed by atoms with Crippen LogP contribution in [0.3, 0.4) is 0 Å². The summed E-state index contributed by atoms with van der Waals surface area (Å²) in [6, 6.07) is 9.17. The Balaban J connectivity index is 0. The topological polar surface area (TPSA) is 162 Å². The summed E-state index contributed by atoms with van der Waals surface area (Å²) in [5.74, 6) is -1.82. The van der Waals surface area contributed by atoms with Crippen LogP contribution in [0, 0.1) is 18.8 Å². The number of rotatable bonds is 23. The van der Waals surface area contributed by atoms with E-state index < -0.39 is 23.9 Å². The van der Waals surface area contributed by atoms with Crippen molar-refractivity contribution in [2.24, 2.45) is 11.8 Å². The van der Waals surface area contributed by atoms with Gasteiger partial charge in [0.15, 0.2) is 11.6 Å². The summed E-state index contributed by atoms with van der Waals surface area (Å²) in [5, 5.41) is 15.7. The molecule has 1 aromatic carbocycles. The van der Waals surface area contributed by atoms with Crippen molar-refractivity contribution < 1.29 is 33.9 Å². The second-order valence-electron chi connectivity index (χ2n) is 13.7. The van der Waals surface area contributed by atoms with Gasteiger partial charge in [0.25, 0.3) is 0 Å². The molecule has 0 aliphatic heterocycles. The molecule has 0 spiro atoms. The Morgan fingerprint density at radius 1 is 0.745 bits per heavy atom. The number of carbonyl (C=O) groups excluding carboxylic acids is 6. The van der Waals surface area contributed by atoms with Gasteiger partial charge in [0.1, 0.15) is 5.78 Å². The molecule has 0 heterocycles. The first kappa shape index (κ1) is 49.7. The molecule has 0 saturated carbocycles. The largest absolute Gasteiger partial charge is 0.397 e. The first-order chi connectivity index (χ1) is 24.0. The third-order valence-electron chi connectivity index (χ3n) is 8.02. The smallest absolute Gasteiger partial charge is 0.223 e. The van der Waals surface area contributed by atoms with Gasteiger partial charge in [-0.3, -0.25) is 28.8 Å². The Morgan fingerprint density at radius 2 is 1.31 bits per heavy atom. The van der Waals surface area contributed by atoms with Crippen molar-refractivity contribution in [2.75, 3.05) is 26.2 Å². The minimum absolute atomic E-state index is 0.0102. The summed E-state index contributed by atoms with van der Waals surface area (Å²) >= 11 is 0. The molecule has 11 nitrogen and oxygen atoms in total. The van der Waals surface area contributed by atoms with Crippen LogP contribution in [0.2, 0.25) is 0 Å². The lowest BCUT2D eigenvalue weighted by molar-refractivity contribution is -0.132. The van der Waals surface area contributed by atoms with Crippen LogP contribution in [0.25, 0.3) is 0 Å². The molecule has 1 rings (SSSR count). The Morgan fingerprint density at radius 3 is 1.80 bits per heavy atom. The molecule has 0 unspecified atom stereocenters. The molecular formula is C40H70N4O7. The van der Waals surface area contributed by atoms with Crippen molar-refractivity contribution in [3.05, 3.63) is 35.9 Å². The van der Waals surface area contributed by atoms with Gasteiger partial charge in [0, 0.05) is 63.6 Å². The zero-order valence-corrected chi connectivity index (χ0v) is 33.3. The predicted octanol–water partition coefficient (Wildman–Crippen LogP) is 5.35. The van der Waals surface area contributed by atoms with Crippen molar-refractivity contribution >= 4 is 35.1 Å². The first-order valence-corrected chi connectivity index (χ1v) is 18.8. The van der Waals surface area contributed by atoms with Crippen LogP contribution >= 0.6 is 0 Å². The van der Waals surface area contributed by atoms with Gasteiger partial charge in [-0.1, -0.05) is 63.6 Å². The normalized spacial score (nSPS) is 12.4. The van der Waals surface area contributed by atoms with E-state index in [1.165, 1.54) is 5.56 Å². The number of nitrogens with one attached hydrogen (secondary N) is 3. The SMILES string of the molecule is CCNC(=O)CCC(=O)[C@H](CCCCN(CC)C(C)C)NC(=O)CCC(=O)[C@H](C)NC(=O)[C@H](C)CC(=O)CC(C)C.CCO.Cc1ccccc1. The molecule has 0 radical (unpaired) electrons. The fourth-order valence-corrected chi connectivity index (χ4v) is 5.12. The van der Waals surface area contributed by atoms with E-state index in [9.17, 15) is 28.8 Å². The van der Waals surface area contributed by atoms with Crippen LogP contribution in [0.5, 0.6) is 0 Å². The van der Waals surface area contributed by atoms with E-state index in [1.54, 1.807) is 20.8 Å². The lowest BCUT2D eigenvalue weighted by Crippen LogP contribution is -2.43. The molecule has 51 heavy (non-hydrogen) atoms. The number of carbonyl (C=O) groups is 6. The number of unbranched alkanes of at least 4 members (excludes halogenated alkanes) is 1. The van der Waals surface area contributed by atoms with E-state index in [-0.39, 0.29) is 73.8 Å². The molecule has 0 aliphatic rings. The molecule has 0 aromatic heterocycles. The first-order valence-electron chi connectivity index (χ1n) is 18.8. The number of Topliss-reactive ketones (excluding diaryl/α,β-unsaturated/α-hetero) is 3. The molecule has 4 N–H and O–H groups in total. The number of nitrogens with zero attached hydrogens (tertiary/aromatic N) is 1. The molecule has 0 fully saturated rings. The molecule has 11 heteroatoms. The van der Waals surface area contributed by atoms with Crippen molar-refractivity contribution in [3.8, 4) is 0 Å². The van der Waals surface area contributed by atoms with Gasteiger partial charge in [0.05, 0.1) is 12.1 Å². The van der Waals surface area contributed by atoms with Gasteiger partial charge < -0.3 is 26.0 Å². The highest BCUT2D eigenvalue weighted by molar-refractivity contribution is 5.94. The van der Waals surface area contributed by atoms with Crippen LogP contribution in [-0.4, -0.2) is 89.4 Å². The third kappa shape index (κ3) is 27.0. The number of aryl methyl sites for hydroxylation is 1. The van der Waals surface area contributed by atoms with E-state index >= 15 is 0 Å². The maximum atomic E-state index is 12.9. The maximum absolute atomic E-state index is 12.9. The fourth-order valence-electron chi connectivity index (χ4n) is 5.12. The van der Waals surface area contributed by atoms with Crippen molar-refractivity contribution in [1.29, 1.82) is 0 Å². The Bertz CT molecular complexity index is 1140. The second kappa shape index (κ2) is 30.2. The lowest BCUT2D eigenvalue weighted by Gasteiger charge is -2.25. The fraction of sp³-hybridized carbons (Fsp3) is 0.700. The van der Waals surface area contributed by atoms with E-state index in [2.05, 4.69) is 60.7 Å². The zero-order chi connectivity index (χ0) is 39.4. The quantitative estimate of drug-likeness (QED) is 0.110. The molecule has 0 bridgehead atoms. The minimum atomic E-state index is -0.796. The summed E-state index contributed by atoms with van der Waals surface area (Å²) in [6.07, 6.45) is 2.50. The number of benzene rings is 1. The molecule has 292 valence electrons. The van der Waals surface area contributed by atoms with Crippen LogP contribution in [0.4, 0.5) is 0 Å². The highest BCUT2D eigenvalue weighted by Crippen LogP contribution is 2.12. The van der Waals surface area contributed by atoms with Crippen LogP contribution in [0.1, 0.15) is 126 Å². The highest BCUT2D eigenvalue weighted by Gasteiger charge is 2.24. The van der Waals surface area contributed by atoms with Crippen LogP contribution in [0.15, 0.2) is 30.3 Å². The number of aliphatic hydroxyl groups excluding tert-OH is 1. The van der Waals surface area contributed by atoms with Crippen LogP contribution < -0.4 is 16.0 Å². The van der Waals surface area contributed by atoms with Crippen molar-refractivity contribution in [1.82, 2.24) is 20.9 Å². The number of hydrogen-bond acceptors (Lipinski definition) is 8. The van der Waals surface area contributed by atoms with E-state index in [4.69, 9.17) is 5.11 Å². The van der Waals surface area contributed by atoms with Gasteiger partial charge in [0.2, 0.25) is 17.7 Å². The summed E-state index contributed by atoms with van der Waals surface area (Å²) < 4.78 is 0. The number of aliphatic hydroxyl groups is 1. The lowest BCUT2D eigenvalue weighted by atomic mass is 9.97. The van der Waals surface area contributed by atoms with Gasteiger partial charge in [-0.15, -0.1) is 0 Å². The Labute approximate surface area is 308 Å². The highest BCUT2D eigenvalue weighted by atomic mass is 16.2. The van der Waals surface area contributed by atoms with Gasteiger partial charge in [-0.25, -0.2) is 0 Å². The van der Waals surface area contributed by atoms with Crippen molar-refractivity contribution in [2.45, 2.75) is 145 Å². The molecular weight excluding hydrogens is 648 g/mol. The van der Waals surface area contributed by atoms with E-state index in [0.717, 1.165) is 25.9 Å². The van der Waals surface area contributed by atoms with Crippen molar-refractivity contribution in [3.63, 3.8) is 0 Å². The second-order valence-corrected chi connectivity index (χ2v) is 13.7. The molecule has 0 saturated heterocycles. The third-order valence-corrected chi connectivity index (χ3v) is 8.02. The van der Waals surface area contributed by atoms with Crippen LogP contribution in [-0.2, 0) is 28.8 Å². The predicted molar refractivity (Wildman–Crippen MR) is 205 cm³/mol. The minimum Gasteiger partial charge on any atom is -0.397 e. The molecule has 1 aromatic rings. The van der Waals surface area contributed by atoms with E-state index in [1.807, 2.05) is 39.0 Å². The average molecular weight is 719 g/mol. The van der Waals surface area contributed by atoms with E-state index in [0.29, 0.717) is 25.4 Å². The number of hydrogen-bond donors (Lipinski definition) is 4. The standard InChI is InChI=1S/C31H56N4O6.C7H8.C2H6O/c1-9-32-29(39)16-15-28(38)26(13-11-12-18-35(10-2)22(5)6)34-30(40)17-14-27(37)24(8)33-31(41)23(7)20-25(36)19-21(3)4;1-7-5-3-2-4-6-7;1-2-3/h21-24,26H,9-20H2,1-8H3,(H,32,39)(H,33,41)(H,34,40);2-6H,1H3;3H,2H2,1H3/t23-,24+,26+;;/m1../s1. The number of amides is 3.